The number of nitrogens with zero attached hydrogens (tertiary/aromatic N) is 3. The second-order valence-electron chi connectivity index (χ2n) is 6.76. The van der Waals surface area contributed by atoms with E-state index in [1.54, 1.807) is 11.6 Å². The molecule has 0 spiro atoms. The Morgan fingerprint density at radius 1 is 1.10 bits per heavy atom. The number of hydrogen-bond donors (Lipinski definition) is 2. The van der Waals surface area contributed by atoms with Crippen molar-refractivity contribution in [1.29, 1.82) is 0 Å². The van der Waals surface area contributed by atoms with Gasteiger partial charge in [0.2, 0.25) is 5.88 Å². The van der Waals surface area contributed by atoms with Crippen LogP contribution in [-0.4, -0.2) is 68.9 Å². The molecule has 0 radical (unpaired) electrons. The summed E-state index contributed by atoms with van der Waals surface area (Å²) in [5, 5.41) is 19.9. The van der Waals surface area contributed by atoms with E-state index >= 15 is 0 Å². The number of ketones is 1. The number of hydrogen-bond acceptors (Lipinski definition) is 6. The molecule has 0 aliphatic carbocycles. The van der Waals surface area contributed by atoms with E-state index in [-0.39, 0.29) is 5.92 Å². The number of aromatic nitrogens is 2. The predicted molar refractivity (Wildman–Crippen MR) is 109 cm³/mol. The summed E-state index contributed by atoms with van der Waals surface area (Å²) in [6, 6.07) is 9.36. The van der Waals surface area contributed by atoms with Crippen molar-refractivity contribution in [2.45, 2.75) is 19.8 Å². The second-order valence-corrected chi connectivity index (χ2v) is 7.20. The number of rotatable bonds is 6. The smallest absolute Gasteiger partial charge is 0.414 e. The number of piperidine rings is 1. The molecule has 1 aromatic heterocycles. The Labute approximate surface area is 178 Å². The first kappa shape index (κ1) is 23.4. The summed E-state index contributed by atoms with van der Waals surface area (Å²) in [7, 11) is 0. The van der Waals surface area contributed by atoms with Gasteiger partial charge in [0.1, 0.15) is 12.4 Å². The first-order valence-corrected chi connectivity index (χ1v) is 9.77. The van der Waals surface area contributed by atoms with Gasteiger partial charge in [-0.25, -0.2) is 14.3 Å². The van der Waals surface area contributed by atoms with Crippen LogP contribution in [0.2, 0.25) is 5.02 Å². The van der Waals surface area contributed by atoms with Gasteiger partial charge in [-0.1, -0.05) is 11.6 Å². The molecule has 3 rings (SSSR count). The van der Waals surface area contributed by atoms with Gasteiger partial charge in [-0.2, -0.15) is 0 Å². The number of carbonyl (C=O) groups excluding carboxylic acids is 1. The fourth-order valence-corrected chi connectivity index (χ4v) is 3.09. The van der Waals surface area contributed by atoms with Gasteiger partial charge in [0, 0.05) is 29.7 Å². The van der Waals surface area contributed by atoms with E-state index in [0.717, 1.165) is 38.2 Å². The number of carboxylic acid groups (broad SMARTS) is 2. The number of ether oxygens (including phenoxy) is 1. The predicted octanol–water partition coefficient (Wildman–Crippen LogP) is 2.36. The monoisotopic (exact) mass is 437 g/mol. The number of carbonyl (C=O) groups is 3. The molecule has 2 N–H and O–H groups in total. The van der Waals surface area contributed by atoms with Gasteiger partial charge in [-0.05, 0) is 57.1 Å². The molecule has 0 amide bonds. The van der Waals surface area contributed by atoms with Crippen LogP contribution in [0.15, 0.2) is 36.5 Å². The van der Waals surface area contributed by atoms with Gasteiger partial charge in [0.25, 0.3) is 0 Å². The molecule has 9 nitrogen and oxygen atoms in total. The lowest BCUT2D eigenvalue weighted by atomic mass is 9.93. The molecule has 1 saturated heterocycles. The summed E-state index contributed by atoms with van der Waals surface area (Å²) in [5.41, 5.74) is 0.945. The van der Waals surface area contributed by atoms with Gasteiger partial charge >= 0.3 is 11.9 Å². The molecule has 0 bridgehead atoms. The van der Waals surface area contributed by atoms with Gasteiger partial charge < -0.3 is 14.9 Å². The molecular weight excluding hydrogens is 414 g/mol. The molecule has 2 aromatic rings. The second kappa shape index (κ2) is 11.3. The van der Waals surface area contributed by atoms with Crippen LogP contribution >= 0.6 is 11.6 Å². The highest BCUT2D eigenvalue weighted by molar-refractivity contribution is 6.30. The highest BCUT2D eigenvalue weighted by atomic mass is 35.5. The van der Waals surface area contributed by atoms with Crippen molar-refractivity contribution in [3.05, 3.63) is 41.6 Å². The minimum absolute atomic E-state index is 0.247. The zero-order chi connectivity index (χ0) is 22.1. The van der Waals surface area contributed by atoms with Crippen molar-refractivity contribution in [2.24, 2.45) is 5.92 Å². The number of Topliss-reactive ketones (excluding diaryl/α,β-unsaturated/α-hetero) is 1. The summed E-state index contributed by atoms with van der Waals surface area (Å²) in [4.78, 5) is 31.9. The van der Waals surface area contributed by atoms with Crippen molar-refractivity contribution in [1.82, 2.24) is 14.7 Å². The van der Waals surface area contributed by atoms with E-state index in [1.807, 2.05) is 36.5 Å². The van der Waals surface area contributed by atoms with E-state index in [4.69, 9.17) is 36.1 Å². The largest absolute Gasteiger partial charge is 0.475 e. The molecule has 10 heteroatoms. The first-order valence-electron chi connectivity index (χ1n) is 9.39. The third kappa shape index (κ3) is 7.49. The van der Waals surface area contributed by atoms with Crippen molar-refractivity contribution < 1.29 is 29.3 Å². The molecule has 30 heavy (non-hydrogen) atoms. The zero-order valence-electron chi connectivity index (χ0n) is 16.5. The number of likely N-dealkylation sites (tertiary alicyclic amines) is 1. The van der Waals surface area contributed by atoms with Gasteiger partial charge in [0.05, 0.1) is 5.69 Å². The fourth-order valence-electron chi connectivity index (χ4n) is 2.96. The maximum atomic E-state index is 11.4. The van der Waals surface area contributed by atoms with Crippen LogP contribution in [0.25, 0.3) is 5.69 Å². The lowest BCUT2D eigenvalue weighted by Gasteiger charge is -2.30. The lowest BCUT2D eigenvalue weighted by Crippen LogP contribution is -2.38. The molecule has 162 valence electrons. The van der Waals surface area contributed by atoms with Gasteiger partial charge in [0.15, 0.2) is 0 Å². The summed E-state index contributed by atoms with van der Waals surface area (Å²) in [6.45, 7) is 5.08. The van der Waals surface area contributed by atoms with Crippen LogP contribution in [0.1, 0.15) is 19.8 Å². The number of aliphatic carboxylic acids is 2. The zero-order valence-corrected chi connectivity index (χ0v) is 17.3. The van der Waals surface area contributed by atoms with Crippen molar-refractivity contribution >= 4 is 29.3 Å². The SMILES string of the molecule is CC(=O)C1CCN(CCOc2ccn(-c3ccc(Cl)cc3)n2)CC1.O=C(O)C(=O)O. The van der Waals surface area contributed by atoms with Crippen LogP contribution in [0, 0.1) is 5.92 Å². The van der Waals surface area contributed by atoms with Crippen molar-refractivity contribution in [2.75, 3.05) is 26.2 Å². The Bertz CT molecular complexity index is 848. The third-order valence-electron chi connectivity index (χ3n) is 4.66. The van der Waals surface area contributed by atoms with Crippen LogP contribution in [-0.2, 0) is 14.4 Å². The maximum Gasteiger partial charge on any atom is 0.414 e. The standard InChI is InChI=1S/C18H22ClN3O2.C2H2O4/c1-14(23)15-6-9-21(10-7-15)12-13-24-18-8-11-22(20-18)17-4-2-16(19)3-5-17;3-1(4)2(5)6/h2-5,8,11,15H,6-7,9-10,12-13H2,1H3;(H,3,4)(H,5,6). The van der Waals surface area contributed by atoms with Gasteiger partial charge in [-0.15, -0.1) is 5.10 Å². The van der Waals surface area contributed by atoms with Crippen LogP contribution < -0.4 is 4.74 Å². The van der Waals surface area contributed by atoms with E-state index in [9.17, 15) is 4.79 Å². The minimum atomic E-state index is -1.82. The molecule has 1 aromatic carbocycles. The quantitative estimate of drug-likeness (QED) is 0.660. The molecule has 0 atom stereocenters. The van der Waals surface area contributed by atoms with Gasteiger partial charge in [-0.3, -0.25) is 9.69 Å². The van der Waals surface area contributed by atoms with Crippen LogP contribution in [0.4, 0.5) is 0 Å². The van der Waals surface area contributed by atoms with Crippen LogP contribution in [0.3, 0.4) is 0 Å². The maximum absolute atomic E-state index is 11.4. The number of benzene rings is 1. The Morgan fingerprint density at radius 3 is 2.23 bits per heavy atom. The molecule has 1 aliphatic heterocycles. The van der Waals surface area contributed by atoms with Crippen molar-refractivity contribution in [3.63, 3.8) is 0 Å². The minimum Gasteiger partial charge on any atom is -0.475 e. The topological polar surface area (TPSA) is 122 Å². The average molecular weight is 438 g/mol. The van der Waals surface area contributed by atoms with E-state index in [0.29, 0.717) is 23.3 Å². The molecule has 2 heterocycles. The summed E-state index contributed by atoms with van der Waals surface area (Å²) in [5.74, 6) is -2.47. The molecule has 1 aliphatic rings. The molecular formula is C20H24ClN3O6. The Balaban J connectivity index is 0.000000469. The molecule has 0 unspecified atom stereocenters. The lowest BCUT2D eigenvalue weighted by molar-refractivity contribution is -0.159. The van der Waals surface area contributed by atoms with Crippen LogP contribution in [0.5, 0.6) is 5.88 Å². The Morgan fingerprint density at radius 2 is 1.70 bits per heavy atom. The molecule has 0 saturated carbocycles. The third-order valence-corrected chi connectivity index (χ3v) is 4.91. The summed E-state index contributed by atoms with van der Waals surface area (Å²) >= 11 is 5.90. The first-order chi connectivity index (χ1) is 14.3. The Kier molecular flexibility index (Phi) is 8.82. The van der Waals surface area contributed by atoms with E-state index in [2.05, 4.69) is 10.00 Å². The normalized spacial score (nSPS) is 14.5. The van der Waals surface area contributed by atoms with E-state index in [1.165, 1.54) is 0 Å². The fraction of sp³-hybridized carbons (Fsp3) is 0.400. The summed E-state index contributed by atoms with van der Waals surface area (Å²) in [6.07, 6.45) is 3.79. The highest BCUT2D eigenvalue weighted by Gasteiger charge is 2.21. The average Bonchev–Trinajstić information content (AvgIpc) is 3.18. The Hall–Kier alpha value is -2.91. The number of carboxylic acids is 2. The number of halogens is 1. The van der Waals surface area contributed by atoms with E-state index < -0.39 is 11.9 Å². The summed E-state index contributed by atoms with van der Waals surface area (Å²) < 4.78 is 7.51. The van der Waals surface area contributed by atoms with Crippen molar-refractivity contribution in [3.8, 4) is 11.6 Å². The highest BCUT2D eigenvalue weighted by Crippen LogP contribution is 2.18. The molecule has 1 fully saturated rings.